The first-order valence-corrected chi connectivity index (χ1v) is 6.82. The number of ether oxygens (including phenoxy) is 2. The number of hydrogen-bond acceptors (Lipinski definition) is 4. The van der Waals surface area contributed by atoms with Crippen LogP contribution < -0.4 is 9.47 Å². The molecule has 0 saturated carbocycles. The maximum atomic E-state index is 11.9. The van der Waals surface area contributed by atoms with Crippen molar-refractivity contribution in [1.29, 1.82) is 0 Å². The lowest BCUT2D eigenvalue weighted by Crippen LogP contribution is -2.11. The van der Waals surface area contributed by atoms with E-state index in [1.54, 1.807) is 6.07 Å². The largest absolute Gasteiger partial charge is 0.490 e. The van der Waals surface area contributed by atoms with Crippen molar-refractivity contribution in [2.45, 2.75) is 33.8 Å². The number of fused-ring (bicyclic) bond motifs is 1. The first kappa shape index (κ1) is 15.0. The van der Waals surface area contributed by atoms with E-state index in [0.717, 1.165) is 10.8 Å². The van der Waals surface area contributed by atoms with Gasteiger partial charge in [-0.05, 0) is 26.8 Å². The van der Waals surface area contributed by atoms with Crippen LogP contribution in [-0.4, -0.2) is 17.9 Å². The molecule has 0 atom stereocenters. The van der Waals surface area contributed by atoms with Gasteiger partial charge in [0.05, 0.1) is 11.7 Å². The Labute approximate surface area is 123 Å². The number of hydrogen-bond donors (Lipinski definition) is 0. The van der Waals surface area contributed by atoms with Crippen LogP contribution in [-0.2, 0) is 4.79 Å². The van der Waals surface area contributed by atoms with Crippen molar-refractivity contribution < 1.29 is 19.1 Å². The fraction of sp³-hybridized carbons (Fsp3) is 0.294. The predicted octanol–water partition coefficient (Wildman–Crippen LogP) is 3.75. The van der Waals surface area contributed by atoms with E-state index in [-0.39, 0.29) is 11.9 Å². The topological polar surface area (TPSA) is 52.6 Å². The molecule has 110 valence electrons. The number of rotatable bonds is 4. The van der Waals surface area contributed by atoms with Crippen molar-refractivity contribution in [1.82, 2.24) is 0 Å². The molecule has 0 N–H and O–H groups in total. The fourth-order valence-corrected chi connectivity index (χ4v) is 2.18. The number of benzene rings is 2. The molecule has 21 heavy (non-hydrogen) atoms. The molecule has 0 aromatic heterocycles. The molecule has 0 saturated heterocycles. The SMILES string of the molecule is CC(=O)Oc1cc(C(C)=O)c(OC(C)C)c2ccccc12. The standard InChI is InChI=1S/C17H18O4/c1-10(2)20-17-14-8-6-5-7-13(14)16(21-12(4)19)9-15(17)11(3)18/h5-10H,1-4H3. The summed E-state index contributed by atoms with van der Waals surface area (Å²) in [6.45, 7) is 6.60. The zero-order valence-corrected chi connectivity index (χ0v) is 12.6. The molecular weight excluding hydrogens is 268 g/mol. The van der Waals surface area contributed by atoms with Crippen LogP contribution in [0.2, 0.25) is 0 Å². The summed E-state index contributed by atoms with van der Waals surface area (Å²) in [7, 11) is 0. The summed E-state index contributed by atoms with van der Waals surface area (Å²) in [5, 5.41) is 1.50. The van der Waals surface area contributed by atoms with Gasteiger partial charge in [-0.2, -0.15) is 0 Å². The second kappa shape index (κ2) is 5.95. The van der Waals surface area contributed by atoms with Crippen molar-refractivity contribution in [3.8, 4) is 11.5 Å². The highest BCUT2D eigenvalue weighted by molar-refractivity contribution is 6.06. The Morgan fingerprint density at radius 2 is 1.67 bits per heavy atom. The zero-order valence-electron chi connectivity index (χ0n) is 12.6. The monoisotopic (exact) mass is 286 g/mol. The Balaban J connectivity index is 2.77. The van der Waals surface area contributed by atoms with Gasteiger partial charge in [0.25, 0.3) is 0 Å². The Hall–Kier alpha value is -2.36. The summed E-state index contributed by atoms with van der Waals surface area (Å²) in [4.78, 5) is 23.2. The molecule has 2 rings (SSSR count). The van der Waals surface area contributed by atoms with Crippen LogP contribution in [0.15, 0.2) is 30.3 Å². The number of carbonyl (C=O) groups excluding carboxylic acids is 2. The molecule has 0 fully saturated rings. The quantitative estimate of drug-likeness (QED) is 0.488. The van der Waals surface area contributed by atoms with Crippen molar-refractivity contribution in [3.63, 3.8) is 0 Å². The highest BCUT2D eigenvalue weighted by Gasteiger charge is 2.18. The molecule has 0 heterocycles. The minimum Gasteiger partial charge on any atom is -0.490 e. The Bertz CT molecular complexity index is 701. The van der Waals surface area contributed by atoms with Gasteiger partial charge in [-0.25, -0.2) is 0 Å². The van der Waals surface area contributed by atoms with Gasteiger partial charge < -0.3 is 9.47 Å². The summed E-state index contributed by atoms with van der Waals surface area (Å²) < 4.78 is 11.1. The van der Waals surface area contributed by atoms with E-state index in [4.69, 9.17) is 9.47 Å². The minimum atomic E-state index is -0.424. The van der Waals surface area contributed by atoms with Gasteiger partial charge in [0, 0.05) is 17.7 Å². The average Bonchev–Trinajstić information content (AvgIpc) is 2.40. The van der Waals surface area contributed by atoms with Gasteiger partial charge in [0.15, 0.2) is 5.78 Å². The third-order valence-electron chi connectivity index (χ3n) is 2.94. The molecular formula is C17H18O4. The van der Waals surface area contributed by atoms with Crippen molar-refractivity contribution in [2.75, 3.05) is 0 Å². The minimum absolute atomic E-state index is 0.0638. The zero-order chi connectivity index (χ0) is 15.6. The second-order valence-electron chi connectivity index (χ2n) is 5.11. The fourth-order valence-electron chi connectivity index (χ4n) is 2.18. The lowest BCUT2D eigenvalue weighted by atomic mass is 10.0. The van der Waals surface area contributed by atoms with Gasteiger partial charge in [0.1, 0.15) is 11.5 Å². The molecule has 4 nitrogen and oxygen atoms in total. The third kappa shape index (κ3) is 3.21. The molecule has 4 heteroatoms. The second-order valence-corrected chi connectivity index (χ2v) is 5.11. The first-order valence-electron chi connectivity index (χ1n) is 6.82. The van der Waals surface area contributed by atoms with Gasteiger partial charge >= 0.3 is 5.97 Å². The molecule has 2 aromatic carbocycles. The number of Topliss-reactive ketones (excluding diaryl/α,β-unsaturated/α-hetero) is 1. The van der Waals surface area contributed by atoms with Crippen molar-refractivity contribution in [3.05, 3.63) is 35.9 Å². The molecule has 0 amide bonds. The number of esters is 1. The lowest BCUT2D eigenvalue weighted by Gasteiger charge is -2.17. The van der Waals surface area contributed by atoms with E-state index in [9.17, 15) is 9.59 Å². The molecule has 0 aliphatic heterocycles. The Morgan fingerprint density at radius 1 is 1.05 bits per heavy atom. The summed E-state index contributed by atoms with van der Waals surface area (Å²) in [6.07, 6.45) is -0.0638. The Morgan fingerprint density at radius 3 is 2.19 bits per heavy atom. The van der Waals surface area contributed by atoms with Gasteiger partial charge in [-0.15, -0.1) is 0 Å². The van der Waals surface area contributed by atoms with Crippen molar-refractivity contribution >= 4 is 22.5 Å². The van der Waals surface area contributed by atoms with Crippen LogP contribution in [0.5, 0.6) is 11.5 Å². The van der Waals surface area contributed by atoms with Crippen LogP contribution in [0.25, 0.3) is 10.8 Å². The van der Waals surface area contributed by atoms with E-state index in [1.165, 1.54) is 13.8 Å². The maximum Gasteiger partial charge on any atom is 0.308 e. The smallest absolute Gasteiger partial charge is 0.308 e. The van der Waals surface area contributed by atoms with Crippen LogP contribution >= 0.6 is 0 Å². The highest BCUT2D eigenvalue weighted by Crippen LogP contribution is 2.37. The third-order valence-corrected chi connectivity index (χ3v) is 2.94. The molecule has 0 aliphatic rings. The summed E-state index contributed by atoms with van der Waals surface area (Å²) in [6, 6.07) is 8.97. The lowest BCUT2D eigenvalue weighted by molar-refractivity contribution is -0.131. The normalized spacial score (nSPS) is 10.7. The number of ketones is 1. The van der Waals surface area contributed by atoms with Crippen LogP contribution in [0.1, 0.15) is 38.1 Å². The number of carbonyl (C=O) groups is 2. The summed E-state index contributed by atoms with van der Waals surface area (Å²) in [5.41, 5.74) is 0.415. The predicted molar refractivity (Wildman–Crippen MR) is 81.0 cm³/mol. The average molecular weight is 286 g/mol. The maximum absolute atomic E-state index is 11.9. The molecule has 0 spiro atoms. The van der Waals surface area contributed by atoms with Crippen LogP contribution in [0.4, 0.5) is 0 Å². The molecule has 0 radical (unpaired) electrons. The van der Waals surface area contributed by atoms with E-state index in [0.29, 0.717) is 17.1 Å². The van der Waals surface area contributed by atoms with E-state index >= 15 is 0 Å². The van der Waals surface area contributed by atoms with E-state index in [2.05, 4.69) is 0 Å². The van der Waals surface area contributed by atoms with E-state index in [1.807, 2.05) is 38.1 Å². The summed E-state index contributed by atoms with van der Waals surface area (Å²) >= 11 is 0. The molecule has 2 aromatic rings. The highest BCUT2D eigenvalue weighted by atomic mass is 16.5. The molecule has 0 bridgehead atoms. The van der Waals surface area contributed by atoms with Gasteiger partial charge in [-0.1, -0.05) is 24.3 Å². The molecule has 0 aliphatic carbocycles. The molecule has 0 unspecified atom stereocenters. The summed E-state index contributed by atoms with van der Waals surface area (Å²) in [5.74, 6) is 0.348. The first-order chi connectivity index (χ1) is 9.90. The van der Waals surface area contributed by atoms with Crippen molar-refractivity contribution in [2.24, 2.45) is 0 Å². The Kier molecular flexibility index (Phi) is 4.26. The van der Waals surface area contributed by atoms with Crippen LogP contribution in [0.3, 0.4) is 0 Å². The van der Waals surface area contributed by atoms with Gasteiger partial charge in [-0.3, -0.25) is 9.59 Å². The van der Waals surface area contributed by atoms with Gasteiger partial charge in [0.2, 0.25) is 0 Å². The van der Waals surface area contributed by atoms with Crippen LogP contribution in [0, 0.1) is 0 Å². The van der Waals surface area contributed by atoms with E-state index < -0.39 is 5.97 Å².